The van der Waals surface area contributed by atoms with E-state index in [1.54, 1.807) is 24.3 Å². The third kappa shape index (κ3) is 3.77. The first kappa shape index (κ1) is 17.3. The van der Waals surface area contributed by atoms with E-state index >= 15 is 0 Å². The van der Waals surface area contributed by atoms with Crippen molar-refractivity contribution in [3.63, 3.8) is 0 Å². The average molecular weight is 359 g/mol. The van der Waals surface area contributed by atoms with E-state index < -0.39 is 11.3 Å². The van der Waals surface area contributed by atoms with Crippen LogP contribution in [0.4, 0.5) is 5.69 Å². The lowest BCUT2D eigenvalue weighted by atomic mass is 9.64. The molecule has 1 fully saturated rings. The molecule has 0 aromatic heterocycles. The minimum absolute atomic E-state index is 0.0214. The Kier molecular flexibility index (Phi) is 4.95. The summed E-state index contributed by atoms with van der Waals surface area (Å²) in [5, 5.41) is 3.63. The van der Waals surface area contributed by atoms with E-state index in [1.807, 2.05) is 24.3 Å². The summed E-state index contributed by atoms with van der Waals surface area (Å²) in [6.07, 6.45) is 2.66. The molecular weight excluding hydrogens is 340 g/mol. The molecule has 0 spiro atoms. The van der Waals surface area contributed by atoms with Crippen molar-refractivity contribution < 1.29 is 14.3 Å². The summed E-state index contributed by atoms with van der Waals surface area (Å²) in [7, 11) is 0. The summed E-state index contributed by atoms with van der Waals surface area (Å²) >= 11 is 5.95. The van der Waals surface area contributed by atoms with Crippen molar-refractivity contribution in [3.8, 4) is 5.75 Å². The molecule has 1 aliphatic rings. The largest absolute Gasteiger partial charge is 0.484 e. The number of primary amides is 1. The minimum Gasteiger partial charge on any atom is -0.484 e. The molecule has 130 valence electrons. The summed E-state index contributed by atoms with van der Waals surface area (Å²) < 4.78 is 5.21. The molecule has 0 radical (unpaired) electrons. The minimum atomic E-state index is -0.535. The van der Waals surface area contributed by atoms with Crippen LogP contribution in [0.1, 0.15) is 24.8 Å². The molecule has 0 saturated heterocycles. The highest BCUT2D eigenvalue weighted by Crippen LogP contribution is 2.44. The van der Waals surface area contributed by atoms with Gasteiger partial charge in [0.25, 0.3) is 5.91 Å². The number of hydrogen-bond acceptors (Lipinski definition) is 3. The molecule has 25 heavy (non-hydrogen) atoms. The highest BCUT2D eigenvalue weighted by molar-refractivity contribution is 6.30. The predicted octanol–water partition coefficient (Wildman–Crippen LogP) is 3.26. The number of carbonyl (C=O) groups excluding carboxylic acids is 2. The number of hydrogen-bond donors (Lipinski definition) is 2. The van der Waals surface area contributed by atoms with Gasteiger partial charge in [-0.2, -0.15) is 0 Å². The molecule has 5 nitrogen and oxygen atoms in total. The highest BCUT2D eigenvalue weighted by Gasteiger charge is 2.45. The topological polar surface area (TPSA) is 81.4 Å². The number of nitrogens with two attached hydrogens (primary N) is 1. The second-order valence-corrected chi connectivity index (χ2v) is 6.61. The molecule has 1 saturated carbocycles. The van der Waals surface area contributed by atoms with E-state index in [2.05, 4.69) is 5.32 Å². The number of carbonyl (C=O) groups is 2. The van der Waals surface area contributed by atoms with Crippen LogP contribution in [0.15, 0.2) is 48.5 Å². The molecule has 0 unspecified atom stereocenters. The number of amides is 2. The zero-order valence-corrected chi connectivity index (χ0v) is 14.4. The first-order valence-electron chi connectivity index (χ1n) is 8.08. The van der Waals surface area contributed by atoms with Crippen LogP contribution in [-0.2, 0) is 15.0 Å². The maximum Gasteiger partial charge on any atom is 0.255 e. The summed E-state index contributed by atoms with van der Waals surface area (Å²) in [6.45, 7) is -0.175. The Bertz CT molecular complexity index is 768. The van der Waals surface area contributed by atoms with Gasteiger partial charge in [-0.1, -0.05) is 30.2 Å². The molecule has 0 aliphatic heterocycles. The van der Waals surface area contributed by atoms with Crippen LogP contribution in [0.25, 0.3) is 0 Å². The number of benzene rings is 2. The first-order valence-corrected chi connectivity index (χ1v) is 8.46. The van der Waals surface area contributed by atoms with Gasteiger partial charge in [0.15, 0.2) is 6.61 Å². The fourth-order valence-electron chi connectivity index (χ4n) is 2.99. The van der Waals surface area contributed by atoms with Gasteiger partial charge >= 0.3 is 0 Å². The van der Waals surface area contributed by atoms with Crippen molar-refractivity contribution in [1.29, 1.82) is 0 Å². The van der Waals surface area contributed by atoms with E-state index in [-0.39, 0.29) is 12.5 Å². The maximum atomic E-state index is 12.9. The third-order valence-corrected chi connectivity index (χ3v) is 4.78. The lowest BCUT2D eigenvalue weighted by molar-refractivity contribution is -0.124. The Balaban J connectivity index is 1.70. The van der Waals surface area contributed by atoms with Crippen molar-refractivity contribution in [2.45, 2.75) is 24.7 Å². The average Bonchev–Trinajstić information content (AvgIpc) is 2.55. The van der Waals surface area contributed by atoms with Crippen LogP contribution >= 0.6 is 11.6 Å². The molecule has 1 aliphatic carbocycles. The number of anilines is 1. The number of halogens is 1. The molecule has 2 amide bonds. The Labute approximate surface area is 151 Å². The zero-order valence-electron chi connectivity index (χ0n) is 13.6. The lowest BCUT2D eigenvalue weighted by Crippen LogP contribution is -2.45. The molecule has 0 heterocycles. The maximum absolute atomic E-state index is 12.9. The fraction of sp³-hybridized carbons (Fsp3) is 0.263. The molecule has 6 heteroatoms. The Morgan fingerprint density at radius 2 is 1.72 bits per heavy atom. The SMILES string of the molecule is NC(=O)COc1ccc(NC(=O)C2(c3ccc(Cl)cc3)CCC2)cc1. The van der Waals surface area contributed by atoms with Gasteiger partial charge in [-0.25, -0.2) is 0 Å². The molecule has 0 bridgehead atoms. The van der Waals surface area contributed by atoms with Crippen LogP contribution in [0, 0.1) is 0 Å². The van der Waals surface area contributed by atoms with Crippen LogP contribution in [0.2, 0.25) is 5.02 Å². The van der Waals surface area contributed by atoms with Crippen molar-refractivity contribution >= 4 is 29.1 Å². The van der Waals surface area contributed by atoms with Gasteiger partial charge in [-0.3, -0.25) is 9.59 Å². The van der Waals surface area contributed by atoms with Crippen LogP contribution in [0.3, 0.4) is 0 Å². The van der Waals surface area contributed by atoms with Gasteiger partial charge in [0.1, 0.15) is 5.75 Å². The van der Waals surface area contributed by atoms with E-state index in [0.29, 0.717) is 16.5 Å². The summed E-state index contributed by atoms with van der Waals surface area (Å²) in [5.74, 6) is -0.0352. The van der Waals surface area contributed by atoms with Gasteiger partial charge in [-0.15, -0.1) is 0 Å². The monoisotopic (exact) mass is 358 g/mol. The van der Waals surface area contributed by atoms with Crippen LogP contribution in [0.5, 0.6) is 5.75 Å². The van der Waals surface area contributed by atoms with Crippen LogP contribution in [-0.4, -0.2) is 18.4 Å². The molecule has 2 aromatic carbocycles. The second kappa shape index (κ2) is 7.15. The number of rotatable bonds is 6. The Morgan fingerprint density at radius 1 is 1.08 bits per heavy atom. The van der Waals surface area contributed by atoms with Crippen LogP contribution < -0.4 is 15.8 Å². The normalized spacial score (nSPS) is 15.1. The molecule has 3 rings (SSSR count). The van der Waals surface area contributed by atoms with E-state index in [0.717, 1.165) is 24.8 Å². The Hall–Kier alpha value is -2.53. The quantitative estimate of drug-likeness (QED) is 0.831. The number of ether oxygens (including phenoxy) is 1. The summed E-state index contributed by atoms with van der Waals surface area (Å²) in [5.41, 5.74) is 6.21. The van der Waals surface area contributed by atoms with E-state index in [4.69, 9.17) is 22.1 Å². The van der Waals surface area contributed by atoms with Gasteiger partial charge in [0, 0.05) is 10.7 Å². The predicted molar refractivity (Wildman–Crippen MR) is 96.7 cm³/mol. The van der Waals surface area contributed by atoms with Gasteiger partial charge in [0.05, 0.1) is 5.41 Å². The second-order valence-electron chi connectivity index (χ2n) is 6.18. The van der Waals surface area contributed by atoms with Crippen molar-refractivity contribution in [2.75, 3.05) is 11.9 Å². The smallest absolute Gasteiger partial charge is 0.255 e. The highest BCUT2D eigenvalue weighted by atomic mass is 35.5. The van der Waals surface area contributed by atoms with Gasteiger partial charge < -0.3 is 15.8 Å². The third-order valence-electron chi connectivity index (χ3n) is 4.53. The summed E-state index contributed by atoms with van der Waals surface area (Å²) in [6, 6.07) is 14.3. The molecule has 3 N–H and O–H groups in total. The summed E-state index contributed by atoms with van der Waals surface area (Å²) in [4.78, 5) is 23.6. The molecular formula is C19H19ClN2O3. The van der Waals surface area contributed by atoms with Crippen molar-refractivity contribution in [3.05, 3.63) is 59.1 Å². The van der Waals surface area contributed by atoms with E-state index in [1.165, 1.54) is 0 Å². The van der Waals surface area contributed by atoms with Crippen molar-refractivity contribution in [2.24, 2.45) is 5.73 Å². The molecule has 2 aromatic rings. The lowest BCUT2D eigenvalue weighted by Gasteiger charge is -2.40. The van der Waals surface area contributed by atoms with Gasteiger partial charge in [-0.05, 0) is 54.8 Å². The fourth-order valence-corrected chi connectivity index (χ4v) is 3.11. The first-order chi connectivity index (χ1) is 12.0. The van der Waals surface area contributed by atoms with Crippen molar-refractivity contribution in [1.82, 2.24) is 0 Å². The van der Waals surface area contributed by atoms with E-state index in [9.17, 15) is 9.59 Å². The number of nitrogens with one attached hydrogen (secondary N) is 1. The molecule has 0 atom stereocenters. The Morgan fingerprint density at radius 3 is 2.24 bits per heavy atom. The zero-order chi connectivity index (χ0) is 17.9. The standard InChI is InChI=1S/C19H19ClN2O3/c20-14-4-2-13(3-5-14)19(10-1-11-19)18(24)22-15-6-8-16(9-7-15)25-12-17(21)23/h2-9H,1,10-12H2,(H2,21,23)(H,22,24). The van der Waals surface area contributed by atoms with Gasteiger partial charge in [0.2, 0.25) is 5.91 Å².